The first-order chi connectivity index (χ1) is 9.40. The van der Waals surface area contributed by atoms with E-state index in [0.717, 1.165) is 6.92 Å². The van der Waals surface area contributed by atoms with E-state index >= 15 is 0 Å². The Labute approximate surface area is 128 Å². The molecule has 4 unspecified atom stereocenters. The monoisotopic (exact) mass is 495 g/mol. The number of hydrogen-bond donors (Lipinski definition) is 9. The minimum atomic E-state index is -3.54. The van der Waals surface area contributed by atoms with Crippen LogP contribution in [0.3, 0.4) is 0 Å². The molecule has 0 heterocycles. The number of carboxylic acid groups (broad SMARTS) is 1. The molecular weight excluding hydrogens is 467 g/mol. The minimum absolute atomic E-state index is 0.833. The molecule has 0 aromatic carbocycles. The van der Waals surface area contributed by atoms with Gasteiger partial charge < -0.3 is 5.11 Å². The van der Waals surface area contributed by atoms with Gasteiger partial charge in [0, 0.05) is 6.92 Å². The molecule has 0 aliphatic carbocycles. The van der Waals surface area contributed by atoms with E-state index in [4.69, 9.17) is 9.90 Å². The molecule has 11 heteroatoms. The van der Waals surface area contributed by atoms with E-state index < -0.39 is 47.9 Å². The molecule has 10 nitrogen and oxygen atoms in total. The maximum absolute atomic E-state index is 9.40. The van der Waals surface area contributed by atoms with Crippen molar-refractivity contribution >= 4 is 5.97 Å². The van der Waals surface area contributed by atoms with Crippen molar-refractivity contribution in [1.29, 1.82) is 0 Å². The molecule has 0 saturated heterocycles. The van der Waals surface area contributed by atoms with Crippen molar-refractivity contribution in [2.24, 2.45) is 0 Å². The van der Waals surface area contributed by atoms with Crippen molar-refractivity contribution in [2.75, 3.05) is 0 Å². The summed E-state index contributed by atoms with van der Waals surface area (Å²) in [5, 5.41) is 45.0. The third kappa shape index (κ3) is 16.0. The number of aliphatic hydroxyl groups excluding tert-OH is 4. The Morgan fingerprint density at radius 3 is 1.00 bits per heavy atom. The second kappa shape index (κ2) is 11.4. The molecule has 134 valence electrons. The molecule has 0 aliphatic rings. The van der Waals surface area contributed by atoms with Crippen LogP contribution in [0.25, 0.3) is 0 Å². The van der Waals surface area contributed by atoms with Gasteiger partial charge in [-0.15, -0.1) is 0 Å². The second-order valence-electron chi connectivity index (χ2n) is 4.06. The fraction of sp³-hybridized carbons (Fsp3) is 0.900. The first-order valence-corrected chi connectivity index (χ1v) is 10.6. The van der Waals surface area contributed by atoms with E-state index in [1.54, 1.807) is 0 Å². The molecule has 0 aliphatic heterocycles. The van der Waals surface area contributed by atoms with Gasteiger partial charge in [-0.2, -0.15) is 0 Å². The van der Waals surface area contributed by atoms with Crippen LogP contribution in [-0.2, 0) is 21.9 Å². The molecule has 21 heavy (non-hydrogen) atoms. The third-order valence-electron chi connectivity index (χ3n) is 1.08. The standard InChI is InChI=1S/4C2H6NO.C2H4O2.Pt/c5*1-2(3)4;/h4*2-4H,1H3;1H3,(H,3,4);/q4*-1;;+4. The van der Waals surface area contributed by atoms with Gasteiger partial charge in [0.25, 0.3) is 5.97 Å². The Hall–Kier alpha value is -0.162. The van der Waals surface area contributed by atoms with Crippen LogP contribution < -0.4 is 15.5 Å². The Kier molecular flexibility index (Phi) is 12.6. The van der Waals surface area contributed by atoms with Crippen molar-refractivity contribution in [3.63, 3.8) is 0 Å². The predicted molar refractivity (Wildman–Crippen MR) is 72.6 cm³/mol. The molecule has 9 N–H and O–H groups in total. The van der Waals surface area contributed by atoms with Gasteiger partial charge >= 0.3 is 106 Å². The normalized spacial score (nSPS) is 21.0. The zero-order chi connectivity index (χ0) is 17.2. The number of rotatable bonds is 8. The molecule has 0 saturated carbocycles. The number of carbonyl (C=O) groups is 1. The molecule has 0 rings (SSSR count). The Balaban J connectivity index is 0. The van der Waals surface area contributed by atoms with Gasteiger partial charge in [-0.05, 0) is 0 Å². The fourth-order valence-corrected chi connectivity index (χ4v) is 7.78. The summed E-state index contributed by atoms with van der Waals surface area (Å²) in [4.78, 5) is 9.00. The topological polar surface area (TPSA) is 166 Å². The number of hydrogen-bond acceptors (Lipinski definition) is 9. The number of nitrogens with one attached hydrogen (secondary N) is 4. The van der Waals surface area contributed by atoms with Crippen molar-refractivity contribution in [3.8, 4) is 0 Å². The number of aliphatic hydroxyl groups is 4. The summed E-state index contributed by atoms with van der Waals surface area (Å²) in [5.41, 5.74) is 0. The predicted octanol–water partition coefficient (Wildman–Crippen LogP) is -2.40. The van der Waals surface area contributed by atoms with Gasteiger partial charge in [0.2, 0.25) is 0 Å². The number of carboxylic acids is 1. The molecular formula is C10H28N4O6Pt. The van der Waals surface area contributed by atoms with Crippen molar-refractivity contribution < 1.29 is 47.4 Å². The van der Waals surface area contributed by atoms with E-state index in [1.165, 1.54) is 27.7 Å². The third-order valence-corrected chi connectivity index (χ3v) is 8.81. The Morgan fingerprint density at radius 2 is 0.905 bits per heavy atom. The molecule has 0 aromatic heterocycles. The molecule has 0 aromatic rings. The van der Waals surface area contributed by atoms with Crippen LogP contribution in [0.15, 0.2) is 0 Å². The van der Waals surface area contributed by atoms with E-state index in [9.17, 15) is 20.4 Å². The average Bonchev–Trinajstić information content (AvgIpc) is 2.08. The Bertz CT molecular complexity index is 241. The van der Waals surface area contributed by atoms with Crippen molar-refractivity contribution in [2.45, 2.75) is 59.5 Å². The number of aliphatic carboxylic acids is 1. The summed E-state index contributed by atoms with van der Waals surface area (Å²) >= 11 is -3.54. The van der Waals surface area contributed by atoms with Crippen LogP contribution in [0.1, 0.15) is 34.6 Å². The van der Waals surface area contributed by atoms with E-state index in [-0.39, 0.29) is 0 Å². The van der Waals surface area contributed by atoms with Gasteiger partial charge in [-0.25, -0.2) is 0 Å². The van der Waals surface area contributed by atoms with Crippen LogP contribution in [0, 0.1) is 0 Å². The summed E-state index contributed by atoms with van der Waals surface area (Å²) in [6, 6.07) is 0. The van der Waals surface area contributed by atoms with Crippen LogP contribution in [0.5, 0.6) is 0 Å². The van der Waals surface area contributed by atoms with Crippen molar-refractivity contribution in [3.05, 3.63) is 0 Å². The molecule has 0 amide bonds. The quantitative estimate of drug-likeness (QED) is 0.166. The Morgan fingerprint density at radius 1 is 0.762 bits per heavy atom. The van der Waals surface area contributed by atoms with Gasteiger partial charge in [0.05, 0.1) is 0 Å². The summed E-state index contributed by atoms with van der Waals surface area (Å²) in [5.74, 6) is -0.833. The zero-order valence-electron chi connectivity index (χ0n) is 12.8. The van der Waals surface area contributed by atoms with Crippen LogP contribution in [0.4, 0.5) is 0 Å². The first-order valence-electron chi connectivity index (χ1n) is 6.06. The SMILES string of the molecule is CC(=O)O.CC(O)[NH][Pt]([NH]C(C)O)([NH]C(C)O)[NH]C(C)O. The fourth-order valence-electron chi connectivity index (χ4n) is 0.951. The molecule has 0 bridgehead atoms. The summed E-state index contributed by atoms with van der Waals surface area (Å²) in [6.45, 7) is 7.12. The summed E-state index contributed by atoms with van der Waals surface area (Å²) < 4.78 is 11.2. The summed E-state index contributed by atoms with van der Waals surface area (Å²) in [6.07, 6.45) is -3.46. The summed E-state index contributed by atoms with van der Waals surface area (Å²) in [7, 11) is 0. The van der Waals surface area contributed by atoms with Gasteiger partial charge in [-0.1, -0.05) is 0 Å². The molecule has 0 radical (unpaired) electrons. The van der Waals surface area contributed by atoms with Crippen molar-refractivity contribution in [1.82, 2.24) is 15.5 Å². The van der Waals surface area contributed by atoms with E-state index in [2.05, 4.69) is 15.5 Å². The maximum atomic E-state index is 9.40. The molecule has 4 atom stereocenters. The van der Waals surface area contributed by atoms with Crippen LogP contribution >= 0.6 is 0 Å². The van der Waals surface area contributed by atoms with E-state index in [1.807, 2.05) is 0 Å². The van der Waals surface area contributed by atoms with Crippen LogP contribution in [0.2, 0.25) is 0 Å². The molecule has 0 fully saturated rings. The van der Waals surface area contributed by atoms with Gasteiger partial charge in [-0.3, -0.25) is 4.79 Å². The van der Waals surface area contributed by atoms with Gasteiger partial charge in [0.1, 0.15) is 0 Å². The van der Waals surface area contributed by atoms with Gasteiger partial charge in [0.15, 0.2) is 0 Å². The second-order valence-corrected chi connectivity index (χ2v) is 10.1. The average molecular weight is 495 g/mol. The van der Waals surface area contributed by atoms with Crippen LogP contribution in [-0.4, -0.2) is 56.4 Å². The van der Waals surface area contributed by atoms with E-state index in [0.29, 0.717) is 0 Å². The molecule has 0 spiro atoms. The zero-order valence-corrected chi connectivity index (χ0v) is 15.0. The first kappa shape index (κ1) is 23.1.